The number of carbonyl (C=O) groups excluding carboxylic acids is 2. The zero-order chi connectivity index (χ0) is 21.4. The van der Waals surface area contributed by atoms with E-state index in [-0.39, 0.29) is 6.42 Å². The van der Waals surface area contributed by atoms with Gasteiger partial charge in [0.25, 0.3) is 0 Å². The number of fused-ring (bicyclic) bond motifs is 1. The van der Waals surface area contributed by atoms with E-state index in [4.69, 9.17) is 14.2 Å². The molecule has 0 aliphatic carbocycles. The lowest BCUT2D eigenvalue weighted by Crippen LogP contribution is -2.27. The van der Waals surface area contributed by atoms with Crippen molar-refractivity contribution in [3.63, 3.8) is 0 Å². The van der Waals surface area contributed by atoms with Gasteiger partial charge in [-0.15, -0.1) is 0 Å². The van der Waals surface area contributed by atoms with Crippen molar-refractivity contribution in [3.8, 4) is 0 Å². The summed E-state index contributed by atoms with van der Waals surface area (Å²) < 4.78 is 20.1. The summed E-state index contributed by atoms with van der Waals surface area (Å²) in [6, 6.07) is 7.10. The second-order valence-corrected chi connectivity index (χ2v) is 7.65. The average Bonchev–Trinajstić information content (AvgIpc) is 2.63. The molecule has 29 heavy (non-hydrogen) atoms. The maximum atomic E-state index is 12.3. The lowest BCUT2D eigenvalue weighted by Gasteiger charge is -2.12. The zero-order valence-electron chi connectivity index (χ0n) is 15.7. The van der Waals surface area contributed by atoms with Gasteiger partial charge in [-0.2, -0.15) is 0 Å². The highest BCUT2D eigenvalue weighted by Crippen LogP contribution is 2.34. The molecule has 1 amide bonds. The third kappa shape index (κ3) is 7.38. The fourth-order valence-electron chi connectivity index (χ4n) is 2.74. The quantitative estimate of drug-likeness (QED) is 0.130. The molecule has 1 heterocycles. The van der Waals surface area contributed by atoms with Crippen LogP contribution in [0.15, 0.2) is 38.5 Å². The maximum absolute atomic E-state index is 12.3. The molecule has 1 atom stereocenters. The van der Waals surface area contributed by atoms with Gasteiger partial charge in [-0.25, -0.2) is 19.1 Å². The fraction of sp³-hybridized carbons (Fsp3) is 0.389. The van der Waals surface area contributed by atoms with Crippen molar-refractivity contribution in [2.45, 2.75) is 32.1 Å². The molecule has 1 unspecified atom stereocenters. The van der Waals surface area contributed by atoms with Crippen molar-refractivity contribution in [1.82, 2.24) is 5.32 Å². The first-order valence-corrected chi connectivity index (χ1v) is 10.3. The van der Waals surface area contributed by atoms with Crippen LogP contribution in [0.4, 0.5) is 0 Å². The molecule has 0 saturated carbocycles. The van der Waals surface area contributed by atoms with Crippen LogP contribution in [0.2, 0.25) is 0 Å². The van der Waals surface area contributed by atoms with Gasteiger partial charge in [-0.05, 0) is 36.5 Å². The van der Waals surface area contributed by atoms with Crippen LogP contribution in [-0.4, -0.2) is 35.0 Å². The Hall–Kier alpha value is -2.61. The molecule has 2 aromatic rings. The maximum Gasteiger partial charge on any atom is 0.471 e. The average molecular weight is 424 g/mol. The van der Waals surface area contributed by atoms with Crippen molar-refractivity contribution < 1.29 is 32.9 Å². The Labute approximate surface area is 165 Å². The van der Waals surface area contributed by atoms with E-state index in [0.29, 0.717) is 35.9 Å². The number of phosphoric ester groups is 1. The molecule has 11 heteroatoms. The van der Waals surface area contributed by atoms with Crippen LogP contribution in [0.5, 0.6) is 0 Å². The van der Waals surface area contributed by atoms with Crippen LogP contribution in [0, 0.1) is 0 Å². The van der Waals surface area contributed by atoms with Crippen LogP contribution >= 0.6 is 7.82 Å². The SMILES string of the molecule is CC(CC(=O)NCOP(=O)(O)O)c1cc2ccc(CCCN=C=O)cc2oc1=O. The minimum atomic E-state index is -4.67. The number of isocyanates is 1. The van der Waals surface area contributed by atoms with E-state index >= 15 is 0 Å². The van der Waals surface area contributed by atoms with E-state index in [0.717, 1.165) is 5.56 Å². The molecule has 0 aliphatic heterocycles. The molecule has 1 aromatic carbocycles. The smallest absolute Gasteiger partial charge is 0.423 e. The Morgan fingerprint density at radius 1 is 1.38 bits per heavy atom. The molecule has 0 radical (unpaired) electrons. The molecule has 2 rings (SSSR count). The number of benzene rings is 1. The van der Waals surface area contributed by atoms with E-state index < -0.39 is 32.0 Å². The Morgan fingerprint density at radius 3 is 2.83 bits per heavy atom. The molecule has 1 aromatic heterocycles. The number of aryl methyl sites for hydroxylation is 1. The van der Waals surface area contributed by atoms with Crippen molar-refractivity contribution in [2.75, 3.05) is 13.3 Å². The van der Waals surface area contributed by atoms with Crippen molar-refractivity contribution in [2.24, 2.45) is 4.99 Å². The number of hydrogen-bond donors (Lipinski definition) is 3. The highest BCUT2D eigenvalue weighted by atomic mass is 31.2. The van der Waals surface area contributed by atoms with Crippen molar-refractivity contribution in [3.05, 3.63) is 45.8 Å². The van der Waals surface area contributed by atoms with Crippen molar-refractivity contribution in [1.29, 1.82) is 0 Å². The van der Waals surface area contributed by atoms with Crippen LogP contribution in [0.3, 0.4) is 0 Å². The Balaban J connectivity index is 2.06. The number of amides is 1. The van der Waals surface area contributed by atoms with E-state index in [9.17, 15) is 18.9 Å². The highest BCUT2D eigenvalue weighted by molar-refractivity contribution is 7.46. The summed E-state index contributed by atoms with van der Waals surface area (Å²) in [5.74, 6) is -1.01. The molecule has 0 spiro atoms. The summed E-state index contributed by atoms with van der Waals surface area (Å²) in [7, 11) is -4.67. The molecule has 10 nitrogen and oxygen atoms in total. The molecule has 0 fully saturated rings. The number of phosphoric acid groups is 1. The van der Waals surface area contributed by atoms with Gasteiger partial charge in [0.05, 0.1) is 6.54 Å². The van der Waals surface area contributed by atoms with Gasteiger partial charge in [-0.3, -0.25) is 9.32 Å². The third-order valence-corrected chi connectivity index (χ3v) is 4.62. The number of aliphatic imine (C=N–C) groups is 1. The van der Waals surface area contributed by atoms with Gasteiger partial charge in [-0.1, -0.05) is 19.1 Å². The van der Waals surface area contributed by atoms with E-state index in [1.54, 1.807) is 25.1 Å². The van der Waals surface area contributed by atoms with Crippen molar-refractivity contribution >= 4 is 30.8 Å². The van der Waals surface area contributed by atoms with Gasteiger partial charge in [0.15, 0.2) is 0 Å². The topological polar surface area (TPSA) is 156 Å². The molecule has 0 aliphatic rings. The molecule has 3 N–H and O–H groups in total. The highest BCUT2D eigenvalue weighted by Gasteiger charge is 2.18. The van der Waals surface area contributed by atoms with E-state index in [1.165, 1.54) is 6.08 Å². The van der Waals surface area contributed by atoms with Crippen LogP contribution < -0.4 is 10.9 Å². The molecular weight excluding hydrogens is 403 g/mol. The first-order chi connectivity index (χ1) is 13.7. The normalized spacial score (nSPS) is 12.4. The second-order valence-electron chi connectivity index (χ2n) is 6.41. The lowest BCUT2D eigenvalue weighted by molar-refractivity contribution is -0.122. The van der Waals surface area contributed by atoms with Gasteiger partial charge in [0.1, 0.15) is 12.3 Å². The van der Waals surface area contributed by atoms with E-state index in [2.05, 4.69) is 14.8 Å². The Morgan fingerprint density at radius 2 is 2.14 bits per heavy atom. The standard InChI is InChI=1S/C18H21N2O8P/c1-12(7-17(22)20-11-27-29(24,25)26)15-9-14-5-4-13(3-2-6-19-10-21)8-16(14)28-18(15)23/h4-5,8-9,12H,2-3,6-7,11H2,1H3,(H,20,22)(H2,24,25,26). The first kappa shape index (κ1) is 22.7. The predicted octanol–water partition coefficient (Wildman–Crippen LogP) is 1.74. The molecule has 0 bridgehead atoms. The van der Waals surface area contributed by atoms with Gasteiger partial charge < -0.3 is 19.5 Å². The Kier molecular flexibility index (Phi) is 8.01. The monoisotopic (exact) mass is 424 g/mol. The minimum absolute atomic E-state index is 0.0872. The zero-order valence-corrected chi connectivity index (χ0v) is 16.6. The molecular formula is C18H21N2O8P. The molecule has 0 saturated heterocycles. The Bertz CT molecular complexity index is 1020. The largest absolute Gasteiger partial charge is 0.471 e. The van der Waals surface area contributed by atoms with Gasteiger partial charge in [0.2, 0.25) is 12.0 Å². The minimum Gasteiger partial charge on any atom is -0.423 e. The summed E-state index contributed by atoms with van der Waals surface area (Å²) in [4.78, 5) is 54.9. The van der Waals surface area contributed by atoms with E-state index in [1.807, 2.05) is 6.07 Å². The summed E-state index contributed by atoms with van der Waals surface area (Å²) in [6.07, 6.45) is 2.73. The predicted molar refractivity (Wildman–Crippen MR) is 103 cm³/mol. The van der Waals surface area contributed by atoms with Gasteiger partial charge in [0, 0.05) is 17.4 Å². The van der Waals surface area contributed by atoms with Crippen LogP contribution in [-0.2, 0) is 25.1 Å². The second kappa shape index (κ2) is 10.2. The van der Waals surface area contributed by atoms with Crippen LogP contribution in [0.25, 0.3) is 11.0 Å². The first-order valence-electron chi connectivity index (χ1n) is 8.76. The third-order valence-electron chi connectivity index (χ3n) is 4.15. The lowest BCUT2D eigenvalue weighted by atomic mass is 9.97. The van der Waals surface area contributed by atoms with Crippen LogP contribution in [0.1, 0.15) is 36.8 Å². The number of rotatable bonds is 10. The number of nitrogens with zero attached hydrogens (tertiary/aromatic N) is 1. The van der Waals surface area contributed by atoms with Gasteiger partial charge >= 0.3 is 13.4 Å². The summed E-state index contributed by atoms with van der Waals surface area (Å²) in [5.41, 5.74) is 1.11. The summed E-state index contributed by atoms with van der Waals surface area (Å²) >= 11 is 0. The summed E-state index contributed by atoms with van der Waals surface area (Å²) in [6.45, 7) is 1.41. The number of hydrogen-bond acceptors (Lipinski definition) is 7. The number of carbonyl (C=O) groups is 1. The molecule has 156 valence electrons. The summed E-state index contributed by atoms with van der Waals surface area (Å²) in [5, 5.41) is 2.92. The fourth-order valence-corrected chi connectivity index (χ4v) is 2.97. The number of nitrogens with one attached hydrogen (secondary N) is 1.